The molecule has 0 fully saturated rings. The Morgan fingerprint density at radius 1 is 1.31 bits per heavy atom. The minimum Gasteiger partial charge on any atom is -0.310 e. The summed E-state index contributed by atoms with van der Waals surface area (Å²) in [7, 11) is 0. The Morgan fingerprint density at radius 3 is 3.00 bits per heavy atom. The molecule has 0 spiro atoms. The van der Waals surface area contributed by atoms with Gasteiger partial charge in [0.05, 0.1) is 11.2 Å². The van der Waals surface area contributed by atoms with E-state index in [9.17, 15) is 4.79 Å². The molecule has 0 bridgehead atoms. The molecule has 2 heterocycles. The second-order valence-electron chi connectivity index (χ2n) is 3.46. The topological polar surface area (TPSA) is 62.5 Å². The lowest BCUT2D eigenvalue weighted by Crippen LogP contribution is -2.09. The molecule has 0 aliphatic carbocycles. The molecule has 5 heteroatoms. The zero-order chi connectivity index (χ0) is 11.1. The van der Waals surface area contributed by atoms with Gasteiger partial charge in [-0.3, -0.25) is 9.79 Å². The number of aromatic nitrogens is 3. The Kier molecular flexibility index (Phi) is 1.67. The van der Waals surface area contributed by atoms with Crippen LogP contribution in [-0.4, -0.2) is 21.3 Å². The Bertz CT molecular complexity index is 753. The van der Waals surface area contributed by atoms with E-state index in [1.165, 1.54) is 6.33 Å². The van der Waals surface area contributed by atoms with Crippen molar-refractivity contribution in [2.75, 3.05) is 0 Å². The van der Waals surface area contributed by atoms with Crippen LogP contribution in [0, 0.1) is 0 Å². The molecule has 0 unspecified atom stereocenters. The molecule has 0 radical (unpaired) electrons. The van der Waals surface area contributed by atoms with Gasteiger partial charge in [0.25, 0.3) is 5.56 Å². The first kappa shape index (κ1) is 8.84. The van der Waals surface area contributed by atoms with Gasteiger partial charge in [-0.05, 0) is 31.0 Å². The number of H-pyrrole nitrogens is 1. The van der Waals surface area contributed by atoms with Crippen LogP contribution >= 0.6 is 0 Å². The number of aliphatic imine (C=N–C) groups is 1. The first-order chi connectivity index (χ1) is 7.79. The molecule has 5 nitrogen and oxygen atoms in total. The molecule has 3 aromatic rings. The Morgan fingerprint density at radius 2 is 2.19 bits per heavy atom. The monoisotopic (exact) mass is 212 g/mol. The number of nitrogens with one attached hydrogen (secondary N) is 1. The highest BCUT2D eigenvalue weighted by molar-refractivity contribution is 5.88. The summed E-state index contributed by atoms with van der Waals surface area (Å²) >= 11 is 0. The molecule has 0 amide bonds. The van der Waals surface area contributed by atoms with Crippen molar-refractivity contribution in [1.82, 2.24) is 14.6 Å². The highest BCUT2D eigenvalue weighted by atomic mass is 16.1. The molecule has 0 saturated carbocycles. The molecular weight excluding hydrogens is 204 g/mol. The van der Waals surface area contributed by atoms with Crippen LogP contribution in [0.4, 0.5) is 5.69 Å². The van der Waals surface area contributed by atoms with Crippen molar-refractivity contribution in [1.29, 1.82) is 0 Å². The van der Waals surface area contributed by atoms with Crippen molar-refractivity contribution < 1.29 is 0 Å². The Balaban J connectivity index is 2.55. The first-order valence-electron chi connectivity index (χ1n) is 4.75. The van der Waals surface area contributed by atoms with Crippen molar-refractivity contribution in [3.63, 3.8) is 0 Å². The van der Waals surface area contributed by atoms with Gasteiger partial charge in [-0.15, -0.1) is 0 Å². The fourth-order valence-electron chi connectivity index (χ4n) is 1.79. The van der Waals surface area contributed by atoms with Gasteiger partial charge in [-0.1, -0.05) is 0 Å². The molecule has 3 rings (SSSR count). The van der Waals surface area contributed by atoms with Gasteiger partial charge in [-0.2, -0.15) is 5.10 Å². The normalized spacial score (nSPS) is 11.0. The number of rotatable bonds is 1. The van der Waals surface area contributed by atoms with Crippen molar-refractivity contribution in [2.45, 2.75) is 0 Å². The van der Waals surface area contributed by atoms with Crippen molar-refractivity contribution in [2.24, 2.45) is 4.99 Å². The molecular formula is C11H8N4O. The highest BCUT2D eigenvalue weighted by Gasteiger charge is 2.06. The van der Waals surface area contributed by atoms with Crippen molar-refractivity contribution in [3.8, 4) is 0 Å². The van der Waals surface area contributed by atoms with E-state index in [1.807, 2.05) is 18.2 Å². The van der Waals surface area contributed by atoms with E-state index >= 15 is 0 Å². The number of nitrogens with zero attached hydrogens (tertiary/aromatic N) is 3. The van der Waals surface area contributed by atoms with Crippen LogP contribution in [-0.2, 0) is 0 Å². The van der Waals surface area contributed by atoms with Crippen LogP contribution in [0.5, 0.6) is 0 Å². The lowest BCUT2D eigenvalue weighted by molar-refractivity contribution is 0.914. The van der Waals surface area contributed by atoms with E-state index < -0.39 is 0 Å². The molecule has 78 valence electrons. The van der Waals surface area contributed by atoms with Crippen LogP contribution in [0.3, 0.4) is 0 Å². The molecule has 16 heavy (non-hydrogen) atoms. The summed E-state index contributed by atoms with van der Waals surface area (Å²) in [6.07, 6.45) is 1.38. The van der Waals surface area contributed by atoms with Crippen molar-refractivity contribution >= 4 is 28.8 Å². The number of aromatic amines is 1. The maximum Gasteiger partial charge on any atom is 0.275 e. The summed E-state index contributed by atoms with van der Waals surface area (Å²) in [4.78, 5) is 17.9. The maximum absolute atomic E-state index is 11.6. The standard InChI is InChI=1S/C11H8N4O/c1-12-8-2-3-9-7(4-8)5-10-11(16)13-6-14-15(9)10/h2-6H,1H2,(H,13,14,16). The summed E-state index contributed by atoms with van der Waals surface area (Å²) in [5.74, 6) is 0. The summed E-state index contributed by atoms with van der Waals surface area (Å²) in [6.45, 7) is 3.47. The van der Waals surface area contributed by atoms with E-state index in [1.54, 1.807) is 10.6 Å². The van der Waals surface area contributed by atoms with Gasteiger partial charge in [-0.25, -0.2) is 4.52 Å². The molecule has 0 saturated heterocycles. The van der Waals surface area contributed by atoms with E-state index in [0.29, 0.717) is 5.52 Å². The average molecular weight is 212 g/mol. The second kappa shape index (κ2) is 3.03. The van der Waals surface area contributed by atoms with E-state index in [4.69, 9.17) is 0 Å². The lowest BCUT2D eigenvalue weighted by Gasteiger charge is -1.95. The summed E-state index contributed by atoms with van der Waals surface area (Å²) in [6, 6.07) is 7.37. The van der Waals surface area contributed by atoms with Crippen LogP contribution in [0.25, 0.3) is 16.4 Å². The molecule has 0 aliphatic rings. The number of fused-ring (bicyclic) bond motifs is 3. The zero-order valence-corrected chi connectivity index (χ0v) is 8.34. The van der Waals surface area contributed by atoms with Crippen LogP contribution in [0.2, 0.25) is 0 Å². The summed E-state index contributed by atoms with van der Waals surface area (Å²) in [5, 5.41) is 5.03. The third-order valence-corrected chi connectivity index (χ3v) is 2.54. The molecule has 1 N–H and O–H groups in total. The lowest BCUT2D eigenvalue weighted by atomic mass is 10.2. The van der Waals surface area contributed by atoms with E-state index in [-0.39, 0.29) is 5.56 Å². The largest absolute Gasteiger partial charge is 0.310 e. The number of hydrogen-bond acceptors (Lipinski definition) is 3. The fourth-order valence-corrected chi connectivity index (χ4v) is 1.79. The third-order valence-electron chi connectivity index (χ3n) is 2.54. The molecule has 1 aromatic carbocycles. The number of benzene rings is 1. The van der Waals surface area contributed by atoms with Gasteiger partial charge < -0.3 is 4.98 Å². The number of hydrogen-bond donors (Lipinski definition) is 1. The SMILES string of the molecule is C=Nc1ccc2c(c1)cc1c(=O)[nH]cnn12. The predicted molar refractivity (Wildman–Crippen MR) is 62.5 cm³/mol. The first-order valence-corrected chi connectivity index (χ1v) is 4.75. The Hall–Kier alpha value is -2.43. The van der Waals surface area contributed by atoms with Gasteiger partial charge in [0.15, 0.2) is 0 Å². The van der Waals surface area contributed by atoms with Gasteiger partial charge in [0, 0.05) is 5.39 Å². The highest BCUT2D eigenvalue weighted by Crippen LogP contribution is 2.22. The van der Waals surface area contributed by atoms with Crippen LogP contribution < -0.4 is 5.56 Å². The minimum absolute atomic E-state index is 0.153. The fraction of sp³-hybridized carbons (Fsp3) is 0. The maximum atomic E-state index is 11.6. The van der Waals surface area contributed by atoms with E-state index in [2.05, 4.69) is 21.8 Å². The van der Waals surface area contributed by atoms with Crippen LogP contribution in [0.1, 0.15) is 0 Å². The molecule has 2 aromatic heterocycles. The Labute approximate surface area is 90.1 Å². The predicted octanol–water partition coefficient (Wildman–Crippen LogP) is 1.51. The van der Waals surface area contributed by atoms with Gasteiger partial charge >= 0.3 is 0 Å². The van der Waals surface area contributed by atoms with E-state index in [0.717, 1.165) is 16.6 Å². The average Bonchev–Trinajstić information content (AvgIpc) is 2.68. The summed E-state index contributed by atoms with van der Waals surface area (Å²) in [5.41, 5.74) is 2.03. The third kappa shape index (κ3) is 1.08. The smallest absolute Gasteiger partial charge is 0.275 e. The quantitative estimate of drug-likeness (QED) is 0.621. The van der Waals surface area contributed by atoms with Crippen LogP contribution in [0.15, 0.2) is 40.4 Å². The molecule has 0 atom stereocenters. The molecule has 0 aliphatic heterocycles. The second-order valence-corrected chi connectivity index (χ2v) is 3.46. The van der Waals surface area contributed by atoms with Gasteiger partial charge in [0.1, 0.15) is 11.8 Å². The van der Waals surface area contributed by atoms with Crippen molar-refractivity contribution in [3.05, 3.63) is 40.9 Å². The summed E-state index contributed by atoms with van der Waals surface area (Å²) < 4.78 is 1.61. The zero-order valence-electron chi connectivity index (χ0n) is 8.34. The van der Waals surface area contributed by atoms with Gasteiger partial charge in [0.2, 0.25) is 0 Å². The minimum atomic E-state index is -0.153.